The number of ketones is 2. The van der Waals surface area contributed by atoms with Crippen LogP contribution in [-0.4, -0.2) is 47.6 Å². The molecule has 4 aliphatic rings. The van der Waals surface area contributed by atoms with Crippen molar-refractivity contribution < 1.29 is 38.7 Å². The number of ether oxygens (including phenoxy) is 2. The van der Waals surface area contributed by atoms with Gasteiger partial charge in [-0.1, -0.05) is 17.7 Å². The van der Waals surface area contributed by atoms with Gasteiger partial charge in [0.1, 0.15) is 17.2 Å². The van der Waals surface area contributed by atoms with Crippen molar-refractivity contribution in [2.75, 3.05) is 19.1 Å². The van der Waals surface area contributed by atoms with Gasteiger partial charge in [-0.3, -0.25) is 29.3 Å². The van der Waals surface area contributed by atoms with Gasteiger partial charge in [0, 0.05) is 52.5 Å². The van der Waals surface area contributed by atoms with Crippen LogP contribution in [0.3, 0.4) is 0 Å². The van der Waals surface area contributed by atoms with Crippen molar-refractivity contribution in [1.82, 2.24) is 0 Å². The SMILES string of the molecule is COc1cc(O)cc(OC)c1C1C2=CCC3C(=O)N(c4cccc([N+](=O)[O-])c4)C(=O)C3C2CC2=C1C(=O)C(C)=CC2=O. The largest absolute Gasteiger partial charge is 0.508 e. The smallest absolute Gasteiger partial charge is 0.271 e. The summed E-state index contributed by atoms with van der Waals surface area (Å²) in [4.78, 5) is 66.5. The van der Waals surface area contributed by atoms with E-state index in [4.69, 9.17) is 9.47 Å². The zero-order valence-electron chi connectivity index (χ0n) is 23.0. The Hall–Kier alpha value is -5.06. The van der Waals surface area contributed by atoms with Crippen molar-refractivity contribution in [3.05, 3.63) is 86.5 Å². The number of phenols is 1. The number of amides is 2. The summed E-state index contributed by atoms with van der Waals surface area (Å²) >= 11 is 0. The Bertz CT molecular complexity index is 1690. The molecule has 0 bridgehead atoms. The molecule has 4 unspecified atom stereocenters. The van der Waals surface area contributed by atoms with E-state index in [2.05, 4.69) is 0 Å². The van der Waals surface area contributed by atoms with Gasteiger partial charge >= 0.3 is 0 Å². The molecule has 0 aromatic heterocycles. The monoisotopic (exact) mass is 570 g/mol. The number of hydrogen-bond donors (Lipinski definition) is 1. The summed E-state index contributed by atoms with van der Waals surface area (Å²) in [6.45, 7) is 1.57. The van der Waals surface area contributed by atoms with Gasteiger partial charge in [-0.2, -0.15) is 0 Å². The maximum atomic E-state index is 14.0. The fraction of sp³-hybridized carbons (Fsp3) is 0.290. The van der Waals surface area contributed by atoms with Crippen molar-refractivity contribution in [3.63, 3.8) is 0 Å². The number of methoxy groups -OCH3 is 2. The predicted molar refractivity (Wildman–Crippen MR) is 148 cm³/mol. The maximum Gasteiger partial charge on any atom is 0.271 e. The second-order valence-corrected chi connectivity index (χ2v) is 10.8. The second kappa shape index (κ2) is 9.79. The average Bonchev–Trinajstić information content (AvgIpc) is 3.23. The Labute approximate surface area is 239 Å². The first-order valence-electron chi connectivity index (χ1n) is 13.3. The van der Waals surface area contributed by atoms with E-state index in [-0.39, 0.29) is 69.8 Å². The van der Waals surface area contributed by atoms with Gasteiger partial charge < -0.3 is 14.6 Å². The lowest BCUT2D eigenvalue weighted by Crippen LogP contribution is -2.40. The van der Waals surface area contributed by atoms with Crippen molar-refractivity contribution >= 4 is 34.8 Å². The first-order chi connectivity index (χ1) is 20.1. The third kappa shape index (κ3) is 3.87. The van der Waals surface area contributed by atoms with E-state index in [1.54, 1.807) is 6.92 Å². The number of benzene rings is 2. The number of non-ortho nitro benzene ring substituents is 1. The zero-order valence-corrected chi connectivity index (χ0v) is 23.0. The Morgan fingerprint density at radius 2 is 1.69 bits per heavy atom. The molecular weight excluding hydrogens is 544 g/mol. The van der Waals surface area contributed by atoms with E-state index >= 15 is 0 Å². The van der Waals surface area contributed by atoms with E-state index in [1.807, 2.05) is 6.08 Å². The molecule has 1 heterocycles. The van der Waals surface area contributed by atoms with Crippen LogP contribution < -0.4 is 14.4 Å². The van der Waals surface area contributed by atoms with Crippen LogP contribution in [0.25, 0.3) is 0 Å². The Balaban J connectivity index is 1.53. The fourth-order valence-electron chi connectivity index (χ4n) is 6.90. The van der Waals surface area contributed by atoms with Crippen LogP contribution in [0.15, 0.2) is 70.8 Å². The third-order valence-corrected chi connectivity index (χ3v) is 8.68. The molecule has 1 N–H and O–H groups in total. The summed E-state index contributed by atoms with van der Waals surface area (Å²) in [5.41, 5.74) is 1.73. The normalized spacial score (nSPS) is 25.0. The first-order valence-corrected chi connectivity index (χ1v) is 13.3. The maximum absolute atomic E-state index is 14.0. The van der Waals surface area contributed by atoms with Gasteiger partial charge in [0.05, 0.1) is 36.7 Å². The van der Waals surface area contributed by atoms with Crippen molar-refractivity contribution in [1.29, 1.82) is 0 Å². The van der Waals surface area contributed by atoms with Crippen molar-refractivity contribution in [2.45, 2.75) is 25.7 Å². The van der Waals surface area contributed by atoms with Crippen molar-refractivity contribution in [3.8, 4) is 17.2 Å². The summed E-state index contributed by atoms with van der Waals surface area (Å²) in [5, 5.41) is 21.7. The molecule has 2 aromatic rings. The highest BCUT2D eigenvalue weighted by atomic mass is 16.6. The lowest BCUT2D eigenvalue weighted by Gasteiger charge is -2.42. The number of fused-ring (bicyclic) bond motifs is 3. The topological polar surface area (TPSA) is 153 Å². The number of carbonyl (C=O) groups is 4. The number of nitro benzene ring substituents is 1. The lowest BCUT2D eigenvalue weighted by atomic mass is 9.59. The summed E-state index contributed by atoms with van der Waals surface area (Å²) in [6.07, 6.45) is 3.39. The number of aromatic hydroxyl groups is 1. The molecular formula is C31H26N2O9. The lowest BCUT2D eigenvalue weighted by molar-refractivity contribution is -0.384. The molecule has 214 valence electrons. The molecule has 1 fully saturated rings. The molecule has 0 radical (unpaired) electrons. The highest BCUT2D eigenvalue weighted by Gasteiger charge is 2.57. The molecule has 4 atom stereocenters. The summed E-state index contributed by atoms with van der Waals surface area (Å²) in [6, 6.07) is 8.13. The van der Waals surface area contributed by atoms with Gasteiger partial charge in [-0.05, 0) is 37.8 Å². The summed E-state index contributed by atoms with van der Waals surface area (Å²) in [5.74, 6) is -4.41. The quantitative estimate of drug-likeness (QED) is 0.185. The average molecular weight is 571 g/mol. The number of nitro groups is 1. The molecule has 1 saturated heterocycles. The van der Waals surface area contributed by atoms with Gasteiger partial charge in [0.2, 0.25) is 11.8 Å². The second-order valence-electron chi connectivity index (χ2n) is 10.8. The number of hydrogen-bond acceptors (Lipinski definition) is 9. The highest BCUT2D eigenvalue weighted by Crippen LogP contribution is 2.58. The van der Waals surface area contributed by atoms with E-state index in [0.717, 1.165) is 4.90 Å². The van der Waals surface area contributed by atoms with Crippen LogP contribution in [0.5, 0.6) is 17.2 Å². The van der Waals surface area contributed by atoms with E-state index < -0.39 is 40.4 Å². The Kier molecular flexibility index (Phi) is 6.32. The standard InChI is InChI=1S/C31H26N2O9/c1-14-9-22(35)21-13-20-18(26(27(21)29(14)36)28-23(41-2)11-17(34)12-24(28)42-3)7-8-19-25(20)31(38)32(30(19)37)15-5-4-6-16(10-15)33(39)40/h4-7,9-12,19-20,25-26,34H,8,13H2,1-3H3. The Morgan fingerprint density at radius 1 is 1.00 bits per heavy atom. The molecule has 3 aliphatic carbocycles. The summed E-state index contributed by atoms with van der Waals surface area (Å²) < 4.78 is 11.2. The third-order valence-electron chi connectivity index (χ3n) is 8.68. The fourth-order valence-corrected chi connectivity index (χ4v) is 6.90. The van der Waals surface area contributed by atoms with E-state index in [9.17, 15) is 34.4 Å². The number of phenolic OH excluding ortho intramolecular Hbond substituents is 1. The molecule has 42 heavy (non-hydrogen) atoms. The molecule has 1 aliphatic heterocycles. The minimum Gasteiger partial charge on any atom is -0.508 e. The molecule has 6 rings (SSSR count). The number of anilines is 1. The molecule has 0 spiro atoms. The number of rotatable bonds is 5. The zero-order chi connectivity index (χ0) is 30.0. The number of nitrogens with zero attached hydrogens (tertiary/aromatic N) is 2. The van der Waals surface area contributed by atoms with Crippen LogP contribution in [-0.2, 0) is 19.2 Å². The van der Waals surface area contributed by atoms with Crippen LogP contribution in [0, 0.1) is 27.9 Å². The van der Waals surface area contributed by atoms with Crippen LogP contribution in [0.4, 0.5) is 11.4 Å². The van der Waals surface area contributed by atoms with Gasteiger partial charge in [-0.25, -0.2) is 4.90 Å². The van der Waals surface area contributed by atoms with Gasteiger partial charge in [-0.15, -0.1) is 0 Å². The number of allylic oxidation sites excluding steroid dienone is 6. The van der Waals surface area contributed by atoms with Crippen LogP contribution in [0.1, 0.15) is 31.2 Å². The number of carbonyl (C=O) groups excluding carboxylic acids is 4. The molecule has 2 aromatic carbocycles. The Morgan fingerprint density at radius 3 is 2.33 bits per heavy atom. The number of Topliss-reactive ketones (excluding diaryl/α,β-unsaturated/α-hetero) is 1. The van der Waals surface area contributed by atoms with Crippen LogP contribution in [0.2, 0.25) is 0 Å². The molecule has 2 amide bonds. The minimum atomic E-state index is -0.864. The summed E-state index contributed by atoms with van der Waals surface area (Å²) in [7, 11) is 2.82. The van der Waals surface area contributed by atoms with E-state index in [0.29, 0.717) is 11.1 Å². The molecule has 11 heteroatoms. The van der Waals surface area contributed by atoms with Crippen LogP contribution >= 0.6 is 0 Å². The number of imide groups is 1. The minimum absolute atomic E-state index is 0.0672. The van der Waals surface area contributed by atoms with Crippen molar-refractivity contribution in [2.24, 2.45) is 17.8 Å². The first kappa shape index (κ1) is 27.1. The van der Waals surface area contributed by atoms with Gasteiger partial charge in [0.15, 0.2) is 11.6 Å². The predicted octanol–water partition coefficient (Wildman–Crippen LogP) is 3.95. The molecule has 11 nitrogen and oxygen atoms in total. The van der Waals surface area contributed by atoms with E-state index in [1.165, 1.54) is 56.7 Å². The molecule has 0 saturated carbocycles. The highest BCUT2D eigenvalue weighted by molar-refractivity contribution is 6.25. The van der Waals surface area contributed by atoms with Gasteiger partial charge in [0.25, 0.3) is 5.69 Å².